The molecule has 98 valence electrons. The van der Waals surface area contributed by atoms with Crippen LogP contribution in [0.5, 0.6) is 0 Å². The highest BCUT2D eigenvalue weighted by molar-refractivity contribution is 7.93. The van der Waals surface area contributed by atoms with Crippen molar-refractivity contribution in [1.82, 2.24) is 14.8 Å². The highest BCUT2D eigenvalue weighted by Gasteiger charge is 2.18. The number of thiazole rings is 1. The second kappa shape index (κ2) is 4.69. The lowest BCUT2D eigenvalue weighted by Gasteiger charge is -2.04. The van der Waals surface area contributed by atoms with Crippen LogP contribution in [-0.2, 0) is 10.0 Å². The Morgan fingerprint density at radius 1 is 1.44 bits per heavy atom. The predicted octanol–water partition coefficient (Wildman–Crippen LogP) is 2.03. The minimum absolute atomic E-state index is 0.121. The van der Waals surface area contributed by atoms with Gasteiger partial charge < -0.3 is 0 Å². The smallest absolute Gasteiger partial charge is 0.266 e. The van der Waals surface area contributed by atoms with Crippen molar-refractivity contribution in [2.45, 2.75) is 31.7 Å². The summed E-state index contributed by atoms with van der Waals surface area (Å²) < 4.78 is 28.1. The number of sulfonamides is 1. The molecule has 18 heavy (non-hydrogen) atoms. The number of aromatic nitrogens is 3. The third-order valence-electron chi connectivity index (χ3n) is 2.26. The van der Waals surface area contributed by atoms with Crippen LogP contribution in [0.3, 0.4) is 0 Å². The molecule has 0 aliphatic carbocycles. The molecular weight excluding hydrogens is 272 g/mol. The van der Waals surface area contributed by atoms with E-state index in [1.54, 1.807) is 10.1 Å². The van der Waals surface area contributed by atoms with Gasteiger partial charge in [0.25, 0.3) is 10.0 Å². The summed E-state index contributed by atoms with van der Waals surface area (Å²) in [6.07, 6.45) is 2.84. The van der Waals surface area contributed by atoms with E-state index in [-0.39, 0.29) is 10.9 Å². The summed E-state index contributed by atoms with van der Waals surface area (Å²) >= 11 is 1.26. The fourth-order valence-electron chi connectivity index (χ4n) is 1.32. The zero-order chi connectivity index (χ0) is 13.3. The molecule has 0 aliphatic heterocycles. The van der Waals surface area contributed by atoms with Crippen molar-refractivity contribution in [2.24, 2.45) is 0 Å². The van der Waals surface area contributed by atoms with Crippen molar-refractivity contribution in [3.05, 3.63) is 23.5 Å². The second-order valence-corrected chi connectivity index (χ2v) is 6.69. The van der Waals surface area contributed by atoms with Crippen LogP contribution < -0.4 is 4.72 Å². The predicted molar refractivity (Wildman–Crippen MR) is 70.3 cm³/mol. The lowest BCUT2D eigenvalue weighted by molar-refractivity contribution is 0.531. The highest BCUT2D eigenvalue weighted by atomic mass is 32.2. The maximum Gasteiger partial charge on any atom is 0.266 e. The Balaban J connectivity index is 2.25. The van der Waals surface area contributed by atoms with Gasteiger partial charge in [-0.15, -0.1) is 11.3 Å². The van der Waals surface area contributed by atoms with Crippen LogP contribution in [0.15, 0.2) is 22.7 Å². The molecule has 1 N–H and O–H groups in total. The van der Waals surface area contributed by atoms with Crippen LogP contribution in [0.2, 0.25) is 0 Å². The van der Waals surface area contributed by atoms with E-state index in [4.69, 9.17) is 0 Å². The van der Waals surface area contributed by atoms with Crippen LogP contribution in [-0.4, -0.2) is 23.2 Å². The standard InChI is InChI=1S/C10H14N4O2S2/c1-7(2)14-5-9(4-11-14)18(15,16)13-10-12-8(3)6-17-10/h4-7H,1-3H3,(H,12,13). The molecule has 2 heterocycles. The Morgan fingerprint density at radius 2 is 2.17 bits per heavy atom. The average molecular weight is 286 g/mol. The molecule has 0 aromatic carbocycles. The third-order valence-corrected chi connectivity index (χ3v) is 4.56. The fourth-order valence-corrected chi connectivity index (χ4v) is 3.20. The molecule has 0 unspecified atom stereocenters. The molecule has 0 aliphatic rings. The van der Waals surface area contributed by atoms with E-state index in [0.29, 0.717) is 5.13 Å². The van der Waals surface area contributed by atoms with E-state index in [0.717, 1.165) is 5.69 Å². The Morgan fingerprint density at radius 3 is 2.67 bits per heavy atom. The van der Waals surface area contributed by atoms with Gasteiger partial charge in [0.1, 0.15) is 4.90 Å². The van der Waals surface area contributed by atoms with Crippen LogP contribution in [0.4, 0.5) is 5.13 Å². The average Bonchev–Trinajstić information content (AvgIpc) is 2.86. The van der Waals surface area contributed by atoms with E-state index < -0.39 is 10.0 Å². The van der Waals surface area contributed by atoms with Gasteiger partial charge in [-0.1, -0.05) is 0 Å². The molecule has 0 atom stereocenters. The number of nitrogens with zero attached hydrogens (tertiary/aromatic N) is 3. The summed E-state index contributed by atoms with van der Waals surface area (Å²) in [7, 11) is -3.60. The minimum atomic E-state index is -3.60. The first-order valence-electron chi connectivity index (χ1n) is 5.37. The summed E-state index contributed by atoms with van der Waals surface area (Å²) in [6.45, 7) is 5.67. The Hall–Kier alpha value is -1.41. The van der Waals surface area contributed by atoms with Gasteiger partial charge in [0.2, 0.25) is 0 Å². The monoisotopic (exact) mass is 286 g/mol. The molecule has 6 nitrogen and oxygen atoms in total. The number of nitrogens with one attached hydrogen (secondary N) is 1. The van der Waals surface area contributed by atoms with Gasteiger partial charge in [-0.25, -0.2) is 13.4 Å². The topological polar surface area (TPSA) is 76.9 Å². The molecule has 0 spiro atoms. The van der Waals surface area contributed by atoms with Gasteiger partial charge >= 0.3 is 0 Å². The van der Waals surface area contributed by atoms with Gasteiger partial charge in [-0.05, 0) is 20.8 Å². The van der Waals surface area contributed by atoms with Crippen molar-refractivity contribution >= 4 is 26.5 Å². The minimum Gasteiger partial charge on any atom is -0.269 e. The van der Waals surface area contributed by atoms with Gasteiger partial charge in [0, 0.05) is 17.6 Å². The third kappa shape index (κ3) is 2.70. The molecule has 0 bridgehead atoms. The Labute approximate surface area is 110 Å². The quantitative estimate of drug-likeness (QED) is 0.933. The van der Waals surface area contributed by atoms with Gasteiger partial charge in [0.05, 0.1) is 11.9 Å². The lowest BCUT2D eigenvalue weighted by atomic mass is 10.4. The molecular formula is C10H14N4O2S2. The second-order valence-electron chi connectivity index (χ2n) is 4.15. The van der Waals surface area contributed by atoms with Crippen LogP contribution in [0.25, 0.3) is 0 Å². The molecule has 2 aromatic heterocycles. The molecule has 0 fully saturated rings. The normalized spacial score (nSPS) is 12.0. The van der Waals surface area contributed by atoms with E-state index in [9.17, 15) is 8.42 Å². The zero-order valence-electron chi connectivity index (χ0n) is 10.3. The first-order chi connectivity index (χ1) is 8.38. The fraction of sp³-hybridized carbons (Fsp3) is 0.400. The molecule has 2 aromatic rings. The number of anilines is 1. The first-order valence-corrected chi connectivity index (χ1v) is 7.74. The van der Waals surface area contributed by atoms with Crippen molar-refractivity contribution in [1.29, 1.82) is 0 Å². The Bertz CT molecular complexity index is 642. The number of aryl methyl sites for hydroxylation is 1. The molecule has 0 saturated carbocycles. The van der Waals surface area contributed by atoms with E-state index >= 15 is 0 Å². The van der Waals surface area contributed by atoms with Crippen LogP contribution >= 0.6 is 11.3 Å². The summed E-state index contributed by atoms with van der Waals surface area (Å²) in [5, 5.41) is 6.16. The lowest BCUT2D eigenvalue weighted by Crippen LogP contribution is -2.12. The molecule has 0 amide bonds. The number of hydrogen-bond acceptors (Lipinski definition) is 5. The first kappa shape index (κ1) is 13.0. The molecule has 2 rings (SSSR count). The molecule has 8 heteroatoms. The summed E-state index contributed by atoms with van der Waals surface area (Å²) in [5.74, 6) is 0. The highest BCUT2D eigenvalue weighted by Crippen LogP contribution is 2.19. The zero-order valence-corrected chi connectivity index (χ0v) is 11.9. The number of rotatable bonds is 4. The van der Waals surface area contributed by atoms with Crippen molar-refractivity contribution in [2.75, 3.05) is 4.72 Å². The SMILES string of the molecule is Cc1csc(NS(=O)(=O)c2cnn(C(C)C)c2)n1. The van der Waals surface area contributed by atoms with Gasteiger partial charge in [-0.2, -0.15) is 5.10 Å². The molecule has 0 saturated heterocycles. The van der Waals surface area contributed by atoms with Gasteiger partial charge in [0.15, 0.2) is 5.13 Å². The maximum atomic E-state index is 12.0. The van der Waals surface area contributed by atoms with Crippen molar-refractivity contribution in [3.63, 3.8) is 0 Å². The van der Waals surface area contributed by atoms with E-state index in [2.05, 4.69) is 14.8 Å². The van der Waals surface area contributed by atoms with E-state index in [1.807, 2.05) is 20.8 Å². The van der Waals surface area contributed by atoms with Crippen molar-refractivity contribution < 1.29 is 8.42 Å². The molecule has 0 radical (unpaired) electrons. The summed E-state index contributed by atoms with van der Waals surface area (Å²) in [4.78, 5) is 4.21. The number of hydrogen-bond donors (Lipinski definition) is 1. The van der Waals surface area contributed by atoms with Gasteiger partial charge in [-0.3, -0.25) is 9.40 Å². The van der Waals surface area contributed by atoms with Crippen LogP contribution in [0.1, 0.15) is 25.6 Å². The largest absolute Gasteiger partial charge is 0.269 e. The van der Waals surface area contributed by atoms with Crippen molar-refractivity contribution in [3.8, 4) is 0 Å². The Kier molecular flexibility index (Phi) is 3.40. The summed E-state index contributed by atoms with van der Waals surface area (Å²) in [5.41, 5.74) is 0.788. The maximum absolute atomic E-state index is 12.0. The summed E-state index contributed by atoms with van der Waals surface area (Å²) in [6, 6.07) is 0.121. The van der Waals surface area contributed by atoms with Crippen LogP contribution in [0, 0.1) is 6.92 Å². The van der Waals surface area contributed by atoms with E-state index in [1.165, 1.54) is 23.7 Å².